The lowest BCUT2D eigenvalue weighted by atomic mass is 10.0. The van der Waals surface area contributed by atoms with Crippen molar-refractivity contribution in [2.24, 2.45) is 5.92 Å². The van der Waals surface area contributed by atoms with Crippen LogP contribution in [0.5, 0.6) is 0 Å². The molecule has 0 aliphatic rings. The molecule has 0 bridgehead atoms. The number of halogens is 3. The predicted octanol–water partition coefficient (Wildman–Crippen LogP) is 4.54. The topological polar surface area (TPSA) is 71.1 Å². The van der Waals surface area contributed by atoms with Gasteiger partial charge < -0.3 is 10.6 Å². The minimum absolute atomic E-state index is 0.134. The SMILES string of the molecule is CC(C)[C@H](NC(=O)c1ccc(Cl)cc1Cl)C(=O)Nc1ccc(Br)cn1. The Morgan fingerprint density at radius 1 is 1.16 bits per heavy atom. The maximum atomic E-state index is 12.5. The predicted molar refractivity (Wildman–Crippen MR) is 103 cm³/mol. The van der Waals surface area contributed by atoms with E-state index in [1.54, 1.807) is 24.4 Å². The van der Waals surface area contributed by atoms with Gasteiger partial charge in [-0.15, -0.1) is 0 Å². The molecule has 1 heterocycles. The van der Waals surface area contributed by atoms with Gasteiger partial charge in [0, 0.05) is 15.7 Å². The Hall–Kier alpha value is -1.63. The van der Waals surface area contributed by atoms with E-state index in [-0.39, 0.29) is 22.4 Å². The molecule has 8 heteroatoms. The molecule has 0 fully saturated rings. The van der Waals surface area contributed by atoms with Crippen molar-refractivity contribution in [1.29, 1.82) is 0 Å². The molecule has 1 aromatic heterocycles. The van der Waals surface area contributed by atoms with Crippen molar-refractivity contribution in [2.45, 2.75) is 19.9 Å². The molecule has 2 rings (SSSR count). The molecule has 1 atom stereocenters. The van der Waals surface area contributed by atoms with Crippen molar-refractivity contribution in [2.75, 3.05) is 5.32 Å². The molecule has 25 heavy (non-hydrogen) atoms. The fourth-order valence-corrected chi connectivity index (χ4v) is 2.81. The quantitative estimate of drug-likeness (QED) is 0.710. The average molecular weight is 445 g/mol. The highest BCUT2D eigenvalue weighted by molar-refractivity contribution is 9.10. The largest absolute Gasteiger partial charge is 0.340 e. The molecule has 2 aromatic rings. The summed E-state index contributed by atoms with van der Waals surface area (Å²) in [5, 5.41) is 6.06. The number of anilines is 1. The first kappa shape index (κ1) is 19.7. The lowest BCUT2D eigenvalue weighted by Gasteiger charge is -2.21. The Kier molecular flexibility index (Phi) is 6.81. The minimum Gasteiger partial charge on any atom is -0.340 e. The van der Waals surface area contributed by atoms with Gasteiger partial charge in [0.25, 0.3) is 5.91 Å². The third-order valence-corrected chi connectivity index (χ3v) is 4.41. The molecule has 1 aromatic carbocycles. The molecule has 0 saturated carbocycles. The summed E-state index contributed by atoms with van der Waals surface area (Å²) >= 11 is 15.2. The molecular weight excluding hydrogens is 429 g/mol. The lowest BCUT2D eigenvalue weighted by Crippen LogP contribution is -2.47. The van der Waals surface area contributed by atoms with E-state index >= 15 is 0 Å². The molecule has 2 amide bonds. The van der Waals surface area contributed by atoms with Crippen LogP contribution < -0.4 is 10.6 Å². The van der Waals surface area contributed by atoms with Crippen LogP contribution in [0.4, 0.5) is 5.82 Å². The van der Waals surface area contributed by atoms with E-state index in [1.165, 1.54) is 12.1 Å². The van der Waals surface area contributed by atoms with Crippen LogP contribution in [-0.2, 0) is 4.79 Å². The Bertz CT molecular complexity index is 782. The number of hydrogen-bond donors (Lipinski definition) is 2. The molecule has 0 spiro atoms. The van der Waals surface area contributed by atoms with Crippen molar-refractivity contribution in [3.8, 4) is 0 Å². The zero-order valence-corrected chi connectivity index (χ0v) is 16.6. The Labute approximate surface area is 164 Å². The highest BCUT2D eigenvalue weighted by atomic mass is 79.9. The van der Waals surface area contributed by atoms with Gasteiger partial charge in [0.15, 0.2) is 0 Å². The first-order valence-corrected chi connectivity index (χ1v) is 9.01. The van der Waals surface area contributed by atoms with Crippen molar-refractivity contribution in [1.82, 2.24) is 10.3 Å². The maximum Gasteiger partial charge on any atom is 0.253 e. The van der Waals surface area contributed by atoms with E-state index in [9.17, 15) is 9.59 Å². The fraction of sp³-hybridized carbons (Fsp3) is 0.235. The second kappa shape index (κ2) is 8.65. The summed E-state index contributed by atoms with van der Waals surface area (Å²) in [4.78, 5) is 29.1. The van der Waals surface area contributed by atoms with E-state index in [2.05, 4.69) is 31.5 Å². The third-order valence-electron chi connectivity index (χ3n) is 3.39. The van der Waals surface area contributed by atoms with Crippen LogP contribution in [0.2, 0.25) is 10.0 Å². The van der Waals surface area contributed by atoms with Crippen molar-refractivity contribution in [3.05, 3.63) is 56.6 Å². The molecule has 132 valence electrons. The number of nitrogens with one attached hydrogen (secondary N) is 2. The van der Waals surface area contributed by atoms with Crippen LogP contribution in [0, 0.1) is 5.92 Å². The van der Waals surface area contributed by atoms with Gasteiger partial charge >= 0.3 is 0 Å². The van der Waals surface area contributed by atoms with Crippen molar-refractivity contribution >= 4 is 56.8 Å². The van der Waals surface area contributed by atoms with Crippen LogP contribution in [0.25, 0.3) is 0 Å². The smallest absolute Gasteiger partial charge is 0.253 e. The second-order valence-electron chi connectivity index (χ2n) is 5.67. The summed E-state index contributed by atoms with van der Waals surface area (Å²) in [6.45, 7) is 3.67. The summed E-state index contributed by atoms with van der Waals surface area (Å²) in [5.41, 5.74) is 0.256. The van der Waals surface area contributed by atoms with Gasteiger partial charge in [0.2, 0.25) is 5.91 Å². The molecule has 0 aliphatic heterocycles. The van der Waals surface area contributed by atoms with Crippen molar-refractivity contribution < 1.29 is 9.59 Å². The van der Waals surface area contributed by atoms with Gasteiger partial charge in [0.1, 0.15) is 11.9 Å². The Morgan fingerprint density at radius 2 is 1.88 bits per heavy atom. The Balaban J connectivity index is 2.13. The van der Waals surface area contributed by atoms with Crippen molar-refractivity contribution in [3.63, 3.8) is 0 Å². The average Bonchev–Trinajstić information content (AvgIpc) is 2.54. The van der Waals surface area contributed by atoms with Crippen LogP contribution in [0.1, 0.15) is 24.2 Å². The standard InChI is InChI=1S/C17H16BrCl2N3O2/c1-9(2)15(17(25)22-14-6-3-10(18)8-21-14)23-16(24)12-5-4-11(19)7-13(12)20/h3-9,15H,1-2H3,(H,23,24)(H,21,22,25)/t15-/m0/s1. The monoisotopic (exact) mass is 443 g/mol. The minimum atomic E-state index is -0.746. The van der Waals surface area contributed by atoms with E-state index in [4.69, 9.17) is 23.2 Å². The van der Waals surface area contributed by atoms with Gasteiger partial charge in [-0.1, -0.05) is 37.0 Å². The summed E-state index contributed by atoms with van der Waals surface area (Å²) < 4.78 is 0.802. The summed E-state index contributed by atoms with van der Waals surface area (Å²) in [6, 6.07) is 7.25. The van der Waals surface area contributed by atoms with E-state index < -0.39 is 11.9 Å². The first-order chi connectivity index (χ1) is 11.8. The number of carbonyl (C=O) groups is 2. The van der Waals surface area contributed by atoms with Gasteiger partial charge in [0.05, 0.1) is 10.6 Å². The van der Waals surface area contributed by atoms with Gasteiger partial charge in [-0.2, -0.15) is 0 Å². The van der Waals surface area contributed by atoms with Crippen LogP contribution >= 0.6 is 39.1 Å². The number of carbonyl (C=O) groups excluding carboxylic acids is 2. The zero-order chi connectivity index (χ0) is 18.6. The summed E-state index contributed by atoms with van der Waals surface area (Å²) in [7, 11) is 0. The number of rotatable bonds is 5. The third kappa shape index (κ3) is 5.42. The van der Waals surface area contributed by atoms with E-state index in [1.807, 2.05) is 13.8 Å². The van der Waals surface area contributed by atoms with Gasteiger partial charge in [-0.05, 0) is 52.2 Å². The highest BCUT2D eigenvalue weighted by Gasteiger charge is 2.25. The number of pyridine rings is 1. The number of benzene rings is 1. The first-order valence-electron chi connectivity index (χ1n) is 7.46. The van der Waals surface area contributed by atoms with E-state index in [0.717, 1.165) is 4.47 Å². The number of amides is 2. The van der Waals surface area contributed by atoms with Gasteiger partial charge in [-0.25, -0.2) is 4.98 Å². The lowest BCUT2D eigenvalue weighted by molar-refractivity contribution is -0.118. The summed E-state index contributed by atoms with van der Waals surface area (Å²) in [6.07, 6.45) is 1.58. The van der Waals surface area contributed by atoms with Gasteiger partial charge in [-0.3, -0.25) is 9.59 Å². The number of aromatic nitrogens is 1. The summed E-state index contributed by atoms with van der Waals surface area (Å²) in [5.74, 6) is -0.536. The molecule has 0 radical (unpaired) electrons. The van der Waals surface area contributed by atoms with Crippen LogP contribution in [0.3, 0.4) is 0 Å². The molecule has 0 saturated heterocycles. The molecule has 0 aliphatic carbocycles. The van der Waals surface area contributed by atoms with Crippen LogP contribution in [-0.4, -0.2) is 22.8 Å². The molecule has 0 unspecified atom stereocenters. The normalized spacial score (nSPS) is 11.9. The maximum absolute atomic E-state index is 12.5. The van der Waals surface area contributed by atoms with E-state index in [0.29, 0.717) is 10.8 Å². The number of hydrogen-bond acceptors (Lipinski definition) is 3. The molecule has 5 nitrogen and oxygen atoms in total. The second-order valence-corrected chi connectivity index (χ2v) is 7.43. The fourth-order valence-electron chi connectivity index (χ4n) is 2.08. The molecular formula is C17H16BrCl2N3O2. The van der Waals surface area contributed by atoms with Crippen LogP contribution in [0.15, 0.2) is 41.0 Å². The number of nitrogens with zero attached hydrogens (tertiary/aromatic N) is 1. The Morgan fingerprint density at radius 3 is 2.44 bits per heavy atom. The highest BCUT2D eigenvalue weighted by Crippen LogP contribution is 2.21. The zero-order valence-electron chi connectivity index (χ0n) is 13.5. The molecule has 2 N–H and O–H groups in total.